The van der Waals surface area contributed by atoms with Gasteiger partial charge in [0.25, 0.3) is 0 Å². The molecule has 0 saturated heterocycles. The fourth-order valence-corrected chi connectivity index (χ4v) is 3.87. The first-order valence-electron chi connectivity index (χ1n) is 6.83. The van der Waals surface area contributed by atoms with Gasteiger partial charge >= 0.3 is 0 Å². The highest BCUT2D eigenvalue weighted by Crippen LogP contribution is 2.23. The van der Waals surface area contributed by atoms with E-state index in [2.05, 4.69) is 4.72 Å². The van der Waals surface area contributed by atoms with E-state index in [1.807, 2.05) is 32.8 Å². The highest BCUT2D eigenvalue weighted by Gasteiger charge is 2.24. The SMILES string of the molecule is CC(C)C(CN(C)C)NS(=O)(=O)c1ccc(CN)cc1Cl. The van der Waals surface area contributed by atoms with Gasteiger partial charge in [0, 0.05) is 19.1 Å². The molecule has 1 unspecified atom stereocenters. The van der Waals surface area contributed by atoms with Crippen molar-refractivity contribution in [3.8, 4) is 0 Å². The fourth-order valence-electron chi connectivity index (χ4n) is 1.93. The van der Waals surface area contributed by atoms with E-state index < -0.39 is 10.0 Å². The van der Waals surface area contributed by atoms with Crippen LogP contribution in [0.3, 0.4) is 0 Å². The number of sulfonamides is 1. The predicted octanol–water partition coefficient (Wildman–Crippen LogP) is 1.66. The van der Waals surface area contributed by atoms with Gasteiger partial charge in [-0.3, -0.25) is 0 Å². The van der Waals surface area contributed by atoms with Crippen molar-refractivity contribution in [1.29, 1.82) is 0 Å². The molecule has 3 N–H and O–H groups in total. The van der Waals surface area contributed by atoms with Gasteiger partial charge < -0.3 is 10.6 Å². The number of halogens is 1. The van der Waals surface area contributed by atoms with Crippen molar-refractivity contribution in [2.45, 2.75) is 31.3 Å². The lowest BCUT2D eigenvalue weighted by atomic mass is 10.1. The van der Waals surface area contributed by atoms with Crippen molar-refractivity contribution in [3.05, 3.63) is 28.8 Å². The van der Waals surface area contributed by atoms with Gasteiger partial charge in [0.15, 0.2) is 0 Å². The van der Waals surface area contributed by atoms with Crippen LogP contribution in [0, 0.1) is 5.92 Å². The molecule has 0 aliphatic rings. The Morgan fingerprint density at radius 3 is 2.38 bits per heavy atom. The second-order valence-corrected chi connectivity index (χ2v) is 7.79. The molecule has 0 amide bonds. The van der Waals surface area contributed by atoms with Crippen molar-refractivity contribution < 1.29 is 8.42 Å². The smallest absolute Gasteiger partial charge is 0.242 e. The maximum absolute atomic E-state index is 12.5. The summed E-state index contributed by atoms with van der Waals surface area (Å²) in [6.07, 6.45) is 0. The summed E-state index contributed by atoms with van der Waals surface area (Å²) in [5.41, 5.74) is 6.32. The number of likely N-dealkylation sites (N-methyl/N-ethyl adjacent to an activating group) is 1. The number of benzene rings is 1. The van der Waals surface area contributed by atoms with Crippen LogP contribution in [0.4, 0.5) is 0 Å². The van der Waals surface area contributed by atoms with Crippen molar-refractivity contribution in [1.82, 2.24) is 9.62 Å². The third kappa shape index (κ3) is 5.23. The van der Waals surface area contributed by atoms with Gasteiger partial charge in [-0.1, -0.05) is 31.5 Å². The molecular weight excluding hydrogens is 310 g/mol. The number of nitrogens with zero attached hydrogens (tertiary/aromatic N) is 1. The minimum Gasteiger partial charge on any atom is -0.326 e. The Bertz CT molecular complexity index is 574. The first kappa shape index (κ1) is 18.4. The van der Waals surface area contributed by atoms with Gasteiger partial charge in [0.1, 0.15) is 4.90 Å². The minimum atomic E-state index is -3.66. The average molecular weight is 334 g/mol. The van der Waals surface area contributed by atoms with Crippen LogP contribution in [0.5, 0.6) is 0 Å². The second-order valence-electron chi connectivity index (χ2n) is 5.70. The topological polar surface area (TPSA) is 75.4 Å². The Hall–Kier alpha value is -0.660. The molecule has 0 bridgehead atoms. The van der Waals surface area contributed by atoms with E-state index in [9.17, 15) is 8.42 Å². The summed E-state index contributed by atoms with van der Waals surface area (Å²) in [6.45, 7) is 4.91. The van der Waals surface area contributed by atoms with E-state index in [0.717, 1.165) is 5.56 Å². The summed E-state index contributed by atoms with van der Waals surface area (Å²) in [5, 5.41) is 0.192. The van der Waals surface area contributed by atoms with Gasteiger partial charge in [-0.05, 0) is 37.7 Å². The Balaban J connectivity index is 3.04. The number of nitrogens with one attached hydrogen (secondary N) is 1. The molecule has 0 spiro atoms. The fraction of sp³-hybridized carbons (Fsp3) is 0.571. The highest BCUT2D eigenvalue weighted by molar-refractivity contribution is 7.89. The van der Waals surface area contributed by atoms with Crippen LogP contribution in [-0.4, -0.2) is 40.0 Å². The monoisotopic (exact) mass is 333 g/mol. The zero-order chi connectivity index (χ0) is 16.2. The molecule has 0 aromatic heterocycles. The normalized spacial score (nSPS) is 13.9. The largest absolute Gasteiger partial charge is 0.326 e. The summed E-state index contributed by atoms with van der Waals surface area (Å²) in [7, 11) is 0.164. The standard InChI is InChI=1S/C14H24ClN3O2S/c1-10(2)13(9-18(3)4)17-21(19,20)14-6-5-11(8-16)7-12(14)15/h5-7,10,13,17H,8-9,16H2,1-4H3. The van der Waals surface area contributed by atoms with E-state index >= 15 is 0 Å². The van der Waals surface area contributed by atoms with E-state index in [1.54, 1.807) is 12.1 Å². The Labute approximate surface area is 132 Å². The molecule has 0 aliphatic heterocycles. The molecule has 0 radical (unpaired) electrons. The van der Waals surface area contributed by atoms with Crippen molar-refractivity contribution >= 4 is 21.6 Å². The second kappa shape index (κ2) is 7.56. The third-order valence-corrected chi connectivity index (χ3v) is 5.17. The maximum Gasteiger partial charge on any atom is 0.242 e. The van der Waals surface area contributed by atoms with Crippen LogP contribution in [0.1, 0.15) is 19.4 Å². The third-order valence-electron chi connectivity index (χ3n) is 3.19. The van der Waals surface area contributed by atoms with Crippen LogP contribution in [-0.2, 0) is 16.6 Å². The van der Waals surface area contributed by atoms with Crippen LogP contribution < -0.4 is 10.5 Å². The van der Waals surface area contributed by atoms with Crippen LogP contribution >= 0.6 is 11.6 Å². The van der Waals surface area contributed by atoms with E-state index in [1.165, 1.54) is 6.07 Å². The summed E-state index contributed by atoms with van der Waals surface area (Å²) in [6, 6.07) is 4.58. The van der Waals surface area contributed by atoms with Gasteiger partial charge in [-0.15, -0.1) is 0 Å². The van der Waals surface area contributed by atoms with Gasteiger partial charge in [0.05, 0.1) is 5.02 Å². The minimum absolute atomic E-state index is 0.0887. The van der Waals surface area contributed by atoms with Crippen molar-refractivity contribution in [3.63, 3.8) is 0 Å². The lowest BCUT2D eigenvalue weighted by molar-refractivity contribution is 0.314. The van der Waals surface area contributed by atoms with Gasteiger partial charge in [-0.25, -0.2) is 13.1 Å². The Kier molecular flexibility index (Phi) is 6.62. The van der Waals surface area contributed by atoms with E-state index in [0.29, 0.717) is 13.1 Å². The molecule has 1 aromatic rings. The van der Waals surface area contributed by atoms with Crippen LogP contribution in [0.2, 0.25) is 5.02 Å². The molecule has 120 valence electrons. The summed E-state index contributed by atoms with van der Waals surface area (Å²) < 4.78 is 27.7. The summed E-state index contributed by atoms with van der Waals surface area (Å²) in [4.78, 5) is 2.04. The molecule has 1 aromatic carbocycles. The predicted molar refractivity (Wildman–Crippen MR) is 86.8 cm³/mol. The van der Waals surface area contributed by atoms with Gasteiger partial charge in [-0.2, -0.15) is 0 Å². The number of rotatable bonds is 7. The van der Waals surface area contributed by atoms with Crippen molar-refractivity contribution in [2.75, 3.05) is 20.6 Å². The Morgan fingerprint density at radius 2 is 1.95 bits per heavy atom. The molecule has 0 heterocycles. The first-order valence-corrected chi connectivity index (χ1v) is 8.69. The highest BCUT2D eigenvalue weighted by atomic mass is 35.5. The quantitative estimate of drug-likeness (QED) is 0.795. The average Bonchev–Trinajstić information content (AvgIpc) is 2.36. The van der Waals surface area contributed by atoms with E-state index in [-0.39, 0.29) is 21.9 Å². The molecule has 7 heteroatoms. The number of hydrogen-bond acceptors (Lipinski definition) is 4. The summed E-state index contributed by atoms with van der Waals surface area (Å²) >= 11 is 6.08. The first-order chi connectivity index (χ1) is 9.67. The molecule has 5 nitrogen and oxygen atoms in total. The van der Waals surface area contributed by atoms with Crippen molar-refractivity contribution in [2.24, 2.45) is 11.7 Å². The Morgan fingerprint density at radius 1 is 1.33 bits per heavy atom. The molecule has 0 saturated carbocycles. The van der Waals surface area contributed by atoms with Crippen LogP contribution in [0.25, 0.3) is 0 Å². The summed E-state index contributed by atoms with van der Waals surface area (Å²) in [5.74, 6) is 0.171. The lowest BCUT2D eigenvalue weighted by Crippen LogP contribution is -2.44. The maximum atomic E-state index is 12.5. The molecule has 21 heavy (non-hydrogen) atoms. The van der Waals surface area contributed by atoms with E-state index in [4.69, 9.17) is 17.3 Å². The number of nitrogens with two attached hydrogens (primary N) is 1. The number of hydrogen-bond donors (Lipinski definition) is 2. The van der Waals surface area contributed by atoms with Crippen LogP contribution in [0.15, 0.2) is 23.1 Å². The lowest BCUT2D eigenvalue weighted by Gasteiger charge is -2.25. The molecule has 1 atom stereocenters. The molecule has 1 rings (SSSR count). The molecule has 0 aliphatic carbocycles. The zero-order valence-electron chi connectivity index (χ0n) is 12.9. The zero-order valence-corrected chi connectivity index (χ0v) is 14.5. The molecular formula is C14H24ClN3O2S. The molecule has 0 fully saturated rings. The van der Waals surface area contributed by atoms with Gasteiger partial charge in [0.2, 0.25) is 10.0 Å².